The van der Waals surface area contributed by atoms with Crippen molar-refractivity contribution in [3.8, 4) is 5.75 Å². The summed E-state index contributed by atoms with van der Waals surface area (Å²) in [6.07, 6.45) is 1.94. The number of nitrogens with zero attached hydrogens (tertiary/aromatic N) is 2. The van der Waals surface area contributed by atoms with Crippen molar-refractivity contribution < 1.29 is 18.3 Å². The molecule has 1 aromatic carbocycles. The lowest BCUT2D eigenvalue weighted by Gasteiger charge is -2.28. The van der Waals surface area contributed by atoms with Crippen LogP contribution >= 0.6 is 0 Å². The van der Waals surface area contributed by atoms with E-state index in [1.807, 2.05) is 30.3 Å². The second-order valence-corrected chi connectivity index (χ2v) is 8.66. The van der Waals surface area contributed by atoms with Crippen LogP contribution in [-0.4, -0.2) is 75.2 Å². The second-order valence-electron chi connectivity index (χ2n) is 6.69. The summed E-state index contributed by atoms with van der Waals surface area (Å²) in [7, 11) is -0.584. The van der Waals surface area contributed by atoms with E-state index in [0.717, 1.165) is 36.1 Å². The summed E-state index contributed by atoms with van der Waals surface area (Å²) < 4.78 is 32.9. The van der Waals surface area contributed by atoms with Gasteiger partial charge >= 0.3 is 0 Å². The van der Waals surface area contributed by atoms with Gasteiger partial charge < -0.3 is 9.84 Å². The number of nitrogens with one attached hydrogen (secondary N) is 1. The number of hydrogen-bond donors (Lipinski definition) is 2. The predicted octanol–water partition coefficient (Wildman–Crippen LogP) is 0.678. The number of rotatable bonds is 8. The molecule has 0 amide bonds. The van der Waals surface area contributed by atoms with Gasteiger partial charge in [0.05, 0.1) is 5.60 Å². The van der Waals surface area contributed by atoms with Gasteiger partial charge in [-0.05, 0) is 37.9 Å². The summed E-state index contributed by atoms with van der Waals surface area (Å²) >= 11 is 0. The van der Waals surface area contributed by atoms with Crippen LogP contribution in [0.3, 0.4) is 0 Å². The molecule has 25 heavy (non-hydrogen) atoms. The highest BCUT2D eigenvalue weighted by Crippen LogP contribution is 2.22. The molecule has 2 N–H and O–H groups in total. The fourth-order valence-electron chi connectivity index (χ4n) is 2.80. The topological polar surface area (TPSA) is 82.1 Å². The molecule has 1 aromatic rings. The Balaban J connectivity index is 1.77. The van der Waals surface area contributed by atoms with E-state index in [9.17, 15) is 13.5 Å². The van der Waals surface area contributed by atoms with E-state index < -0.39 is 15.8 Å². The van der Waals surface area contributed by atoms with Gasteiger partial charge in [0.2, 0.25) is 0 Å². The zero-order valence-electron chi connectivity index (χ0n) is 15.0. The minimum absolute atomic E-state index is 0.0435. The Bertz CT molecular complexity index is 624. The first-order chi connectivity index (χ1) is 11.8. The Morgan fingerprint density at radius 2 is 1.96 bits per heavy atom. The van der Waals surface area contributed by atoms with Gasteiger partial charge in [-0.1, -0.05) is 18.2 Å². The van der Waals surface area contributed by atoms with Crippen molar-refractivity contribution in [2.75, 3.05) is 46.9 Å². The molecule has 0 saturated carbocycles. The van der Waals surface area contributed by atoms with Gasteiger partial charge in [0.15, 0.2) is 0 Å². The number of para-hydroxylation sites is 1. The number of benzene rings is 1. The molecule has 0 aliphatic carbocycles. The van der Waals surface area contributed by atoms with Crippen molar-refractivity contribution in [3.05, 3.63) is 30.3 Å². The Morgan fingerprint density at radius 3 is 2.64 bits per heavy atom. The fraction of sp³-hybridized carbons (Fsp3) is 0.647. The molecule has 0 aromatic heterocycles. The number of hydrogen-bond acceptors (Lipinski definition) is 5. The van der Waals surface area contributed by atoms with Crippen LogP contribution in [0.5, 0.6) is 5.75 Å². The van der Waals surface area contributed by atoms with E-state index in [4.69, 9.17) is 4.74 Å². The average Bonchev–Trinajstić information content (AvgIpc) is 2.77. The predicted molar refractivity (Wildman–Crippen MR) is 97.8 cm³/mol. The number of ether oxygens (including phenoxy) is 1. The highest BCUT2D eigenvalue weighted by atomic mass is 32.2. The van der Waals surface area contributed by atoms with Crippen molar-refractivity contribution in [2.45, 2.75) is 24.9 Å². The summed E-state index contributed by atoms with van der Waals surface area (Å²) in [6.45, 7) is 3.02. The maximum atomic E-state index is 11.8. The maximum absolute atomic E-state index is 11.8. The largest absolute Gasteiger partial charge is 0.492 e. The molecule has 1 unspecified atom stereocenters. The number of aliphatic hydroxyl groups is 1. The third kappa shape index (κ3) is 6.56. The van der Waals surface area contributed by atoms with Crippen LogP contribution in [0.25, 0.3) is 0 Å². The fourth-order valence-corrected chi connectivity index (χ4v) is 3.51. The van der Waals surface area contributed by atoms with E-state index in [-0.39, 0.29) is 6.54 Å². The molecule has 0 radical (unpaired) electrons. The normalized spacial score (nSPS) is 22.7. The van der Waals surface area contributed by atoms with Crippen LogP contribution < -0.4 is 9.46 Å². The molecule has 1 heterocycles. The van der Waals surface area contributed by atoms with Gasteiger partial charge in [0, 0.05) is 33.7 Å². The van der Waals surface area contributed by atoms with E-state index in [1.165, 1.54) is 14.1 Å². The third-order valence-corrected chi connectivity index (χ3v) is 5.96. The highest BCUT2D eigenvalue weighted by molar-refractivity contribution is 7.87. The standard InChI is InChI=1S/C17H29N3O4S/c1-19(2)25(22,23)18-15-17(21)9-6-11-20(12-10-17)13-14-24-16-7-4-3-5-8-16/h3-5,7-8,18,21H,6,9-15H2,1-2H3. The second kappa shape index (κ2) is 8.95. The monoisotopic (exact) mass is 371 g/mol. The van der Waals surface area contributed by atoms with Gasteiger partial charge in [-0.3, -0.25) is 4.90 Å². The first-order valence-electron chi connectivity index (χ1n) is 8.60. The Hall–Kier alpha value is -1.19. The molecule has 0 spiro atoms. The lowest BCUT2D eigenvalue weighted by molar-refractivity contribution is 0.0301. The van der Waals surface area contributed by atoms with Crippen LogP contribution in [0.2, 0.25) is 0 Å². The molecular formula is C17H29N3O4S. The van der Waals surface area contributed by atoms with E-state index in [0.29, 0.717) is 19.4 Å². The molecule has 1 atom stereocenters. The van der Waals surface area contributed by atoms with Crippen molar-refractivity contribution in [2.24, 2.45) is 0 Å². The summed E-state index contributed by atoms with van der Waals surface area (Å²) in [6, 6.07) is 9.69. The summed E-state index contributed by atoms with van der Waals surface area (Å²) in [4.78, 5) is 2.25. The zero-order chi connectivity index (χ0) is 18.3. The Labute approximate surface area is 150 Å². The first-order valence-corrected chi connectivity index (χ1v) is 10.0. The van der Waals surface area contributed by atoms with Crippen LogP contribution in [-0.2, 0) is 10.2 Å². The van der Waals surface area contributed by atoms with Gasteiger partial charge in [-0.25, -0.2) is 0 Å². The molecule has 1 saturated heterocycles. The van der Waals surface area contributed by atoms with Crippen LogP contribution in [0, 0.1) is 0 Å². The average molecular weight is 372 g/mol. The Kier molecular flexibility index (Phi) is 7.21. The quantitative estimate of drug-likeness (QED) is 0.702. The lowest BCUT2D eigenvalue weighted by Crippen LogP contribution is -2.46. The summed E-state index contributed by atoms with van der Waals surface area (Å²) in [5.74, 6) is 0.854. The SMILES string of the molecule is CN(C)S(=O)(=O)NCC1(O)CCCN(CCOc2ccccc2)CC1. The van der Waals surface area contributed by atoms with Gasteiger partial charge in [0.25, 0.3) is 10.2 Å². The van der Waals surface area contributed by atoms with Gasteiger partial charge in [-0.2, -0.15) is 17.4 Å². The highest BCUT2D eigenvalue weighted by Gasteiger charge is 2.31. The van der Waals surface area contributed by atoms with E-state index >= 15 is 0 Å². The van der Waals surface area contributed by atoms with Crippen molar-refractivity contribution in [1.82, 2.24) is 13.9 Å². The summed E-state index contributed by atoms with van der Waals surface area (Å²) in [5, 5.41) is 10.7. The van der Waals surface area contributed by atoms with Crippen molar-refractivity contribution in [1.29, 1.82) is 0 Å². The lowest BCUT2D eigenvalue weighted by atomic mass is 9.95. The molecule has 7 nitrogen and oxygen atoms in total. The molecule has 1 aliphatic rings. The van der Waals surface area contributed by atoms with Crippen molar-refractivity contribution in [3.63, 3.8) is 0 Å². The third-order valence-electron chi connectivity index (χ3n) is 4.49. The van der Waals surface area contributed by atoms with Gasteiger partial charge in [-0.15, -0.1) is 0 Å². The molecule has 2 rings (SSSR count). The molecule has 142 valence electrons. The molecule has 1 aliphatic heterocycles. The van der Waals surface area contributed by atoms with E-state index in [1.54, 1.807) is 0 Å². The van der Waals surface area contributed by atoms with Crippen molar-refractivity contribution >= 4 is 10.2 Å². The van der Waals surface area contributed by atoms with E-state index in [2.05, 4.69) is 9.62 Å². The molecule has 8 heteroatoms. The first kappa shape index (κ1) is 20.1. The Morgan fingerprint density at radius 1 is 1.24 bits per heavy atom. The van der Waals surface area contributed by atoms with Gasteiger partial charge in [0.1, 0.15) is 12.4 Å². The molecule has 1 fully saturated rings. The minimum Gasteiger partial charge on any atom is -0.492 e. The molecule has 0 bridgehead atoms. The van der Waals surface area contributed by atoms with Crippen LogP contribution in [0.4, 0.5) is 0 Å². The minimum atomic E-state index is -3.52. The zero-order valence-corrected chi connectivity index (χ0v) is 15.8. The maximum Gasteiger partial charge on any atom is 0.279 e. The summed E-state index contributed by atoms with van der Waals surface area (Å²) in [5.41, 5.74) is -1.00. The van der Waals surface area contributed by atoms with Crippen LogP contribution in [0.15, 0.2) is 30.3 Å². The smallest absolute Gasteiger partial charge is 0.279 e. The van der Waals surface area contributed by atoms with Crippen LogP contribution in [0.1, 0.15) is 19.3 Å². The molecular weight excluding hydrogens is 342 g/mol. The number of likely N-dealkylation sites (tertiary alicyclic amines) is 1.